The molecule has 0 fully saturated rings. The summed E-state index contributed by atoms with van der Waals surface area (Å²) in [4.78, 5) is 33.8. The summed E-state index contributed by atoms with van der Waals surface area (Å²) < 4.78 is 1.80. The second-order valence-electron chi connectivity index (χ2n) is 6.39. The fourth-order valence-electron chi connectivity index (χ4n) is 2.96. The van der Waals surface area contributed by atoms with E-state index >= 15 is 0 Å². The topological polar surface area (TPSA) is 80.0 Å². The van der Waals surface area contributed by atoms with Crippen molar-refractivity contribution >= 4 is 17.4 Å². The van der Waals surface area contributed by atoms with Gasteiger partial charge in [0.1, 0.15) is 11.4 Å². The highest BCUT2D eigenvalue weighted by atomic mass is 16.2. The zero-order chi connectivity index (χ0) is 18.3. The van der Waals surface area contributed by atoms with Gasteiger partial charge in [-0.25, -0.2) is 9.97 Å². The molecule has 0 spiro atoms. The highest BCUT2D eigenvalue weighted by molar-refractivity contribution is 6.01. The number of fused-ring (bicyclic) bond motifs is 1. The van der Waals surface area contributed by atoms with Gasteiger partial charge in [-0.3, -0.25) is 14.3 Å². The Morgan fingerprint density at radius 1 is 1.12 bits per heavy atom. The van der Waals surface area contributed by atoms with Gasteiger partial charge in [0, 0.05) is 31.7 Å². The molecule has 26 heavy (non-hydrogen) atoms. The lowest BCUT2D eigenvalue weighted by molar-refractivity contribution is -0.117. The predicted octanol–water partition coefficient (Wildman–Crippen LogP) is 1.92. The molecule has 0 N–H and O–H groups in total. The summed E-state index contributed by atoms with van der Waals surface area (Å²) >= 11 is 0. The van der Waals surface area contributed by atoms with E-state index in [0.29, 0.717) is 24.0 Å². The maximum atomic E-state index is 12.2. The van der Waals surface area contributed by atoms with Gasteiger partial charge in [0.2, 0.25) is 11.9 Å². The molecule has 3 aromatic heterocycles. The highest BCUT2D eigenvalue weighted by Crippen LogP contribution is 2.32. The van der Waals surface area contributed by atoms with E-state index in [0.717, 1.165) is 11.5 Å². The number of carbonyl (C=O) groups excluding carboxylic acids is 1. The Labute approximate surface area is 151 Å². The number of aromatic nitrogens is 5. The number of likely N-dealkylation sites (N-methyl/N-ethyl adjacent to an activating group) is 1. The van der Waals surface area contributed by atoms with Crippen LogP contribution < -0.4 is 9.80 Å². The van der Waals surface area contributed by atoms with Crippen LogP contribution in [0.2, 0.25) is 0 Å². The van der Waals surface area contributed by atoms with Crippen LogP contribution >= 0.6 is 0 Å². The summed E-state index contributed by atoms with van der Waals surface area (Å²) in [6.07, 6.45) is 6.92. The summed E-state index contributed by atoms with van der Waals surface area (Å²) in [5.41, 5.74) is 1.45. The second-order valence-corrected chi connectivity index (χ2v) is 6.39. The minimum absolute atomic E-state index is 0.0272. The van der Waals surface area contributed by atoms with E-state index in [9.17, 15) is 4.79 Å². The molecule has 4 heterocycles. The van der Waals surface area contributed by atoms with Crippen LogP contribution in [0.25, 0.3) is 17.5 Å². The lowest BCUT2D eigenvalue weighted by Gasteiger charge is -2.36. The van der Waals surface area contributed by atoms with E-state index in [1.165, 1.54) is 0 Å². The largest absolute Gasteiger partial charge is 0.343 e. The van der Waals surface area contributed by atoms with Crippen LogP contribution in [-0.2, 0) is 4.79 Å². The first-order valence-electron chi connectivity index (χ1n) is 8.41. The molecule has 4 rings (SSSR count). The summed E-state index contributed by atoms with van der Waals surface area (Å²) in [6.45, 7) is 4.38. The lowest BCUT2D eigenvalue weighted by atomic mass is 10.2. The van der Waals surface area contributed by atoms with E-state index in [-0.39, 0.29) is 11.9 Å². The SMILES string of the molecule is CC(C)N1CC(=O)N(C)c2cnc(-n3ccnc3-c3ccccn3)nc21. The highest BCUT2D eigenvalue weighted by Gasteiger charge is 2.30. The first-order chi connectivity index (χ1) is 12.6. The van der Waals surface area contributed by atoms with E-state index in [1.807, 2.05) is 43.1 Å². The van der Waals surface area contributed by atoms with Gasteiger partial charge in [-0.15, -0.1) is 0 Å². The van der Waals surface area contributed by atoms with Crippen molar-refractivity contribution in [3.05, 3.63) is 43.0 Å². The molecule has 8 nitrogen and oxygen atoms in total. The van der Waals surface area contributed by atoms with Crippen LogP contribution in [0.1, 0.15) is 13.8 Å². The van der Waals surface area contributed by atoms with Gasteiger partial charge in [-0.2, -0.15) is 4.98 Å². The van der Waals surface area contributed by atoms with Gasteiger partial charge in [0.05, 0.1) is 12.7 Å². The zero-order valence-electron chi connectivity index (χ0n) is 14.9. The molecule has 0 aliphatic carbocycles. The molecule has 0 unspecified atom stereocenters. The molecule has 0 saturated carbocycles. The van der Waals surface area contributed by atoms with Crippen molar-refractivity contribution in [3.63, 3.8) is 0 Å². The van der Waals surface area contributed by atoms with Gasteiger partial charge in [-0.1, -0.05) is 6.07 Å². The van der Waals surface area contributed by atoms with Crippen molar-refractivity contribution in [2.75, 3.05) is 23.4 Å². The normalized spacial score (nSPS) is 14.1. The van der Waals surface area contributed by atoms with Crippen LogP contribution in [0.3, 0.4) is 0 Å². The number of carbonyl (C=O) groups is 1. The lowest BCUT2D eigenvalue weighted by Crippen LogP contribution is -2.47. The molecule has 132 valence electrons. The summed E-state index contributed by atoms with van der Waals surface area (Å²) in [7, 11) is 1.75. The monoisotopic (exact) mass is 349 g/mol. The minimum Gasteiger partial charge on any atom is -0.343 e. The Morgan fingerprint density at radius 3 is 2.69 bits per heavy atom. The summed E-state index contributed by atoms with van der Waals surface area (Å²) in [6, 6.07) is 5.81. The van der Waals surface area contributed by atoms with Crippen molar-refractivity contribution < 1.29 is 4.79 Å². The van der Waals surface area contributed by atoms with Crippen molar-refractivity contribution in [1.82, 2.24) is 24.5 Å². The number of rotatable bonds is 3. The third-order valence-corrected chi connectivity index (χ3v) is 4.42. The van der Waals surface area contributed by atoms with Gasteiger partial charge >= 0.3 is 0 Å². The molecule has 1 amide bonds. The molecule has 0 radical (unpaired) electrons. The van der Waals surface area contributed by atoms with E-state index < -0.39 is 0 Å². The van der Waals surface area contributed by atoms with Crippen molar-refractivity contribution in [1.29, 1.82) is 0 Å². The first-order valence-corrected chi connectivity index (χ1v) is 8.41. The zero-order valence-corrected chi connectivity index (χ0v) is 14.9. The summed E-state index contributed by atoms with van der Waals surface area (Å²) in [5, 5.41) is 0. The third kappa shape index (κ3) is 2.59. The van der Waals surface area contributed by atoms with Crippen LogP contribution in [0.5, 0.6) is 0 Å². The molecular weight excluding hydrogens is 330 g/mol. The number of amides is 1. The van der Waals surface area contributed by atoms with Gasteiger partial charge in [0.15, 0.2) is 11.6 Å². The number of anilines is 2. The average Bonchev–Trinajstić information content (AvgIpc) is 3.14. The van der Waals surface area contributed by atoms with Gasteiger partial charge in [-0.05, 0) is 26.0 Å². The van der Waals surface area contributed by atoms with Crippen LogP contribution in [0.15, 0.2) is 43.0 Å². The Balaban J connectivity index is 1.83. The quantitative estimate of drug-likeness (QED) is 0.719. The van der Waals surface area contributed by atoms with Gasteiger partial charge in [0.25, 0.3) is 0 Å². The molecule has 8 heteroatoms. The van der Waals surface area contributed by atoms with Crippen LogP contribution in [-0.4, -0.2) is 50.0 Å². The summed E-state index contributed by atoms with van der Waals surface area (Å²) in [5.74, 6) is 1.93. The Hall–Kier alpha value is -3.29. The van der Waals surface area contributed by atoms with Crippen molar-refractivity contribution in [3.8, 4) is 17.5 Å². The molecule has 0 saturated heterocycles. The van der Waals surface area contributed by atoms with E-state index in [4.69, 9.17) is 4.98 Å². The Kier molecular flexibility index (Phi) is 3.87. The molecule has 0 atom stereocenters. The molecule has 1 aliphatic rings. The Morgan fingerprint density at radius 2 is 1.96 bits per heavy atom. The molecule has 1 aliphatic heterocycles. The maximum absolute atomic E-state index is 12.2. The number of imidazole rings is 1. The number of nitrogens with zero attached hydrogens (tertiary/aromatic N) is 7. The fraction of sp³-hybridized carbons (Fsp3) is 0.278. The standard InChI is InChI=1S/C18H19N7O/c1-12(2)25-11-15(26)23(3)14-10-21-18(22-17(14)25)24-9-8-20-16(24)13-6-4-5-7-19-13/h4-10,12H,11H2,1-3H3. The maximum Gasteiger partial charge on any atom is 0.246 e. The van der Waals surface area contributed by atoms with E-state index in [2.05, 4.69) is 15.0 Å². The minimum atomic E-state index is 0.0272. The molecule has 0 aromatic carbocycles. The Bertz CT molecular complexity index is 951. The predicted molar refractivity (Wildman–Crippen MR) is 98.3 cm³/mol. The second kappa shape index (κ2) is 6.21. The molecule has 0 bridgehead atoms. The van der Waals surface area contributed by atoms with E-state index in [1.54, 1.807) is 35.1 Å². The smallest absolute Gasteiger partial charge is 0.246 e. The third-order valence-electron chi connectivity index (χ3n) is 4.42. The molecular formula is C18H19N7O. The number of pyridine rings is 1. The average molecular weight is 349 g/mol. The fourth-order valence-corrected chi connectivity index (χ4v) is 2.96. The van der Waals surface area contributed by atoms with Crippen molar-refractivity contribution in [2.24, 2.45) is 0 Å². The first kappa shape index (κ1) is 16.2. The van der Waals surface area contributed by atoms with Crippen LogP contribution in [0.4, 0.5) is 11.5 Å². The number of hydrogen-bond donors (Lipinski definition) is 0. The molecule has 3 aromatic rings. The van der Waals surface area contributed by atoms with Crippen molar-refractivity contribution in [2.45, 2.75) is 19.9 Å². The number of hydrogen-bond acceptors (Lipinski definition) is 6. The van der Waals surface area contributed by atoms with Crippen LogP contribution in [0, 0.1) is 0 Å². The van der Waals surface area contributed by atoms with Gasteiger partial charge < -0.3 is 9.80 Å².